The highest BCUT2D eigenvalue weighted by atomic mass is 32.2. The van der Waals surface area contributed by atoms with Gasteiger partial charge in [-0.2, -0.15) is 0 Å². The largest absolute Gasteiger partial charge is 0.309 e. The van der Waals surface area contributed by atoms with E-state index in [1.165, 1.54) is 21.6 Å². The fraction of sp³-hybridized carbons (Fsp3) is 0.440. The van der Waals surface area contributed by atoms with Gasteiger partial charge in [0.25, 0.3) is 0 Å². The minimum Gasteiger partial charge on any atom is -0.309 e. The molecule has 1 aromatic heterocycles. The number of carbonyl (C=O) groups is 1. The van der Waals surface area contributed by atoms with E-state index in [9.17, 15) is 4.79 Å². The average Bonchev–Trinajstić information content (AvgIpc) is 3.12. The molecule has 0 unspecified atom stereocenters. The van der Waals surface area contributed by atoms with Crippen LogP contribution in [0.1, 0.15) is 36.0 Å². The number of aromatic nitrogens is 1. The maximum Gasteiger partial charge on any atom is 0.228 e. The number of carbonyl (C=O) groups excluding carboxylic acids is 1. The first-order valence-corrected chi connectivity index (χ1v) is 12.7. The van der Waals surface area contributed by atoms with Crippen LogP contribution in [0.5, 0.6) is 0 Å². The van der Waals surface area contributed by atoms with Crippen LogP contribution in [0.15, 0.2) is 41.3 Å². The predicted octanol–water partition coefficient (Wildman–Crippen LogP) is 6.08. The number of anilines is 1. The van der Waals surface area contributed by atoms with E-state index in [2.05, 4.69) is 76.2 Å². The Morgan fingerprint density at radius 2 is 1.71 bits per heavy atom. The molecule has 1 heterocycles. The van der Waals surface area contributed by atoms with Crippen LogP contribution in [-0.2, 0) is 4.79 Å². The summed E-state index contributed by atoms with van der Waals surface area (Å²) in [6, 6.07) is 12.9. The third-order valence-corrected chi connectivity index (χ3v) is 7.48. The number of aryl methyl sites for hydroxylation is 3. The number of thiazole rings is 1. The summed E-state index contributed by atoms with van der Waals surface area (Å²) in [5.74, 6) is 1.12. The van der Waals surface area contributed by atoms with Crippen LogP contribution in [-0.4, -0.2) is 48.7 Å². The number of nitrogens with zero attached hydrogens (tertiary/aromatic N) is 3. The van der Waals surface area contributed by atoms with Gasteiger partial charge in [0.15, 0.2) is 5.13 Å². The lowest BCUT2D eigenvalue weighted by Gasteiger charge is -2.21. The fourth-order valence-electron chi connectivity index (χ4n) is 3.34. The van der Waals surface area contributed by atoms with Crippen LogP contribution >= 0.6 is 23.1 Å². The number of rotatable bonds is 10. The molecule has 0 saturated heterocycles. The van der Waals surface area contributed by atoms with Gasteiger partial charge in [0.2, 0.25) is 5.91 Å². The quantitative estimate of drug-likeness (QED) is 0.274. The number of fused-ring (bicyclic) bond motifs is 1. The molecule has 3 rings (SSSR count). The van der Waals surface area contributed by atoms with Crippen molar-refractivity contribution < 1.29 is 4.79 Å². The second kappa shape index (κ2) is 11.1. The first kappa shape index (κ1) is 23.8. The zero-order valence-electron chi connectivity index (χ0n) is 19.3. The molecule has 3 aromatic rings. The highest BCUT2D eigenvalue weighted by Gasteiger charge is 2.19. The topological polar surface area (TPSA) is 36.4 Å². The molecular weight excluding hydrogens is 422 g/mol. The van der Waals surface area contributed by atoms with E-state index >= 15 is 0 Å². The SMILES string of the molecule is Cc1ccc(SCCCC(=O)N(CCCN(C)C)c2nc3cc(C)c(C)cc3s2)cc1. The minimum absolute atomic E-state index is 0.177. The Kier molecular flexibility index (Phi) is 8.52. The number of thioether (sulfide) groups is 1. The van der Waals surface area contributed by atoms with Crippen LogP contribution in [0.3, 0.4) is 0 Å². The maximum atomic E-state index is 13.2. The first-order valence-electron chi connectivity index (χ1n) is 10.9. The number of hydrogen-bond acceptors (Lipinski definition) is 5. The van der Waals surface area contributed by atoms with Gasteiger partial charge in [-0.3, -0.25) is 9.69 Å². The predicted molar refractivity (Wildman–Crippen MR) is 136 cm³/mol. The molecule has 0 saturated carbocycles. The molecule has 0 radical (unpaired) electrons. The van der Waals surface area contributed by atoms with Crippen molar-refractivity contribution in [1.82, 2.24) is 9.88 Å². The molecule has 0 spiro atoms. The fourth-order valence-corrected chi connectivity index (χ4v) is 5.28. The molecule has 0 aliphatic carbocycles. The van der Waals surface area contributed by atoms with E-state index in [4.69, 9.17) is 4.98 Å². The lowest BCUT2D eigenvalue weighted by Crippen LogP contribution is -2.33. The Morgan fingerprint density at radius 1 is 1.00 bits per heavy atom. The molecule has 166 valence electrons. The standard InChI is InChI=1S/C25H33N3OS2/c1-18-9-11-21(12-10-18)30-15-6-8-24(29)28(14-7-13-27(4)5)25-26-22-16-19(2)20(3)17-23(22)31-25/h9-12,16-17H,6-8,13-15H2,1-5H3. The molecule has 0 N–H and O–H groups in total. The highest BCUT2D eigenvalue weighted by molar-refractivity contribution is 7.99. The zero-order valence-corrected chi connectivity index (χ0v) is 20.9. The molecule has 1 amide bonds. The summed E-state index contributed by atoms with van der Waals surface area (Å²) in [4.78, 5) is 23.3. The van der Waals surface area contributed by atoms with Crippen molar-refractivity contribution in [3.8, 4) is 0 Å². The van der Waals surface area contributed by atoms with Gasteiger partial charge in [-0.05, 0) is 95.4 Å². The van der Waals surface area contributed by atoms with Gasteiger partial charge in [0.1, 0.15) is 0 Å². The molecule has 2 aromatic carbocycles. The number of amides is 1. The first-order chi connectivity index (χ1) is 14.8. The summed E-state index contributed by atoms with van der Waals surface area (Å²) >= 11 is 3.44. The third-order valence-electron chi connectivity index (χ3n) is 5.34. The van der Waals surface area contributed by atoms with Gasteiger partial charge in [-0.15, -0.1) is 11.8 Å². The Labute approximate surface area is 194 Å². The molecule has 0 bridgehead atoms. The Bertz CT molecular complexity index is 973. The van der Waals surface area contributed by atoms with Crippen LogP contribution in [0.2, 0.25) is 0 Å². The van der Waals surface area contributed by atoms with Crippen molar-refractivity contribution in [3.05, 3.63) is 53.1 Å². The van der Waals surface area contributed by atoms with E-state index in [-0.39, 0.29) is 5.91 Å². The van der Waals surface area contributed by atoms with Crippen molar-refractivity contribution in [1.29, 1.82) is 0 Å². The summed E-state index contributed by atoms with van der Waals surface area (Å²) in [6.07, 6.45) is 2.35. The lowest BCUT2D eigenvalue weighted by molar-refractivity contribution is -0.118. The third kappa shape index (κ3) is 6.79. The maximum absolute atomic E-state index is 13.2. The van der Waals surface area contributed by atoms with E-state index in [1.807, 2.05) is 16.7 Å². The van der Waals surface area contributed by atoms with Crippen LogP contribution in [0.25, 0.3) is 10.2 Å². The average molecular weight is 456 g/mol. The second-order valence-corrected chi connectivity index (χ2v) is 10.5. The summed E-state index contributed by atoms with van der Waals surface area (Å²) < 4.78 is 1.15. The Hall–Kier alpha value is -1.89. The molecule has 4 nitrogen and oxygen atoms in total. The van der Waals surface area contributed by atoms with E-state index in [0.717, 1.165) is 40.5 Å². The van der Waals surface area contributed by atoms with Gasteiger partial charge in [-0.25, -0.2) is 4.98 Å². The summed E-state index contributed by atoms with van der Waals surface area (Å²) in [6.45, 7) is 8.00. The van der Waals surface area contributed by atoms with E-state index in [1.54, 1.807) is 11.3 Å². The lowest BCUT2D eigenvalue weighted by atomic mass is 10.1. The van der Waals surface area contributed by atoms with Crippen LogP contribution in [0.4, 0.5) is 5.13 Å². The molecule has 31 heavy (non-hydrogen) atoms. The van der Waals surface area contributed by atoms with E-state index < -0.39 is 0 Å². The smallest absolute Gasteiger partial charge is 0.228 e. The van der Waals surface area contributed by atoms with Crippen molar-refractivity contribution in [2.24, 2.45) is 0 Å². The van der Waals surface area contributed by atoms with Gasteiger partial charge in [0, 0.05) is 17.9 Å². The highest BCUT2D eigenvalue weighted by Crippen LogP contribution is 2.31. The summed E-state index contributed by atoms with van der Waals surface area (Å²) in [7, 11) is 4.13. The van der Waals surface area contributed by atoms with Crippen molar-refractivity contribution in [2.75, 3.05) is 37.8 Å². The summed E-state index contributed by atoms with van der Waals surface area (Å²) in [5, 5.41) is 0.829. The van der Waals surface area contributed by atoms with Crippen LogP contribution in [0, 0.1) is 20.8 Å². The minimum atomic E-state index is 0.177. The van der Waals surface area contributed by atoms with Crippen molar-refractivity contribution in [2.45, 2.75) is 44.9 Å². The number of benzene rings is 2. The monoisotopic (exact) mass is 455 g/mol. The van der Waals surface area contributed by atoms with Crippen LogP contribution < -0.4 is 4.90 Å². The summed E-state index contributed by atoms with van der Waals surface area (Å²) in [5.41, 5.74) is 4.77. The molecule has 0 fully saturated rings. The van der Waals surface area contributed by atoms with E-state index in [0.29, 0.717) is 13.0 Å². The van der Waals surface area contributed by atoms with Gasteiger partial charge in [0.05, 0.1) is 10.2 Å². The normalized spacial score (nSPS) is 11.4. The Balaban J connectivity index is 1.65. The van der Waals surface area contributed by atoms with Gasteiger partial charge >= 0.3 is 0 Å². The molecule has 0 aliphatic heterocycles. The molecule has 0 aliphatic rings. The molecule has 6 heteroatoms. The second-order valence-electron chi connectivity index (χ2n) is 8.37. The zero-order chi connectivity index (χ0) is 22.4. The molecule has 0 atom stereocenters. The van der Waals surface area contributed by atoms with Gasteiger partial charge in [-0.1, -0.05) is 29.0 Å². The van der Waals surface area contributed by atoms with Gasteiger partial charge < -0.3 is 4.90 Å². The Morgan fingerprint density at radius 3 is 2.42 bits per heavy atom. The van der Waals surface area contributed by atoms with Crippen molar-refractivity contribution in [3.63, 3.8) is 0 Å². The molecular formula is C25H33N3OS2. The van der Waals surface area contributed by atoms with Crippen molar-refractivity contribution >= 4 is 44.4 Å². The number of hydrogen-bond donors (Lipinski definition) is 0.